The van der Waals surface area contributed by atoms with Gasteiger partial charge in [-0.25, -0.2) is 0 Å². The fourth-order valence-corrected chi connectivity index (χ4v) is 3.47. The van der Waals surface area contributed by atoms with Gasteiger partial charge >= 0.3 is 0 Å². The summed E-state index contributed by atoms with van der Waals surface area (Å²) >= 11 is 5.94. The molecular weight excluding hydrogens is 300 g/mol. The van der Waals surface area contributed by atoms with E-state index in [2.05, 4.69) is 0 Å². The van der Waals surface area contributed by atoms with Crippen molar-refractivity contribution in [3.05, 3.63) is 34.9 Å². The number of rotatable bonds is 3. The number of piperidine rings is 1. The van der Waals surface area contributed by atoms with Crippen molar-refractivity contribution in [1.82, 2.24) is 9.80 Å². The first-order chi connectivity index (χ1) is 10.6. The van der Waals surface area contributed by atoms with E-state index in [0.717, 1.165) is 43.9 Å². The summed E-state index contributed by atoms with van der Waals surface area (Å²) in [6.45, 7) is 2.50. The Morgan fingerprint density at radius 2 is 1.95 bits per heavy atom. The number of carbonyl (C=O) groups excluding carboxylic acids is 2. The lowest BCUT2D eigenvalue weighted by atomic mass is 9.90. The fraction of sp³-hybridized carbons (Fsp3) is 0.529. The summed E-state index contributed by atoms with van der Waals surface area (Å²) in [6, 6.07) is 7.90. The second kappa shape index (κ2) is 6.69. The molecule has 22 heavy (non-hydrogen) atoms. The van der Waals surface area contributed by atoms with Crippen LogP contribution in [0.1, 0.15) is 37.2 Å². The molecule has 1 aromatic rings. The lowest BCUT2D eigenvalue weighted by Crippen LogP contribution is -2.44. The number of halogens is 1. The van der Waals surface area contributed by atoms with Crippen molar-refractivity contribution < 1.29 is 9.59 Å². The molecule has 5 heteroatoms. The molecule has 0 aliphatic carbocycles. The molecule has 3 rings (SSSR count). The molecule has 1 aromatic carbocycles. The molecule has 2 aliphatic heterocycles. The monoisotopic (exact) mass is 320 g/mol. The van der Waals surface area contributed by atoms with Gasteiger partial charge in [-0.05, 0) is 37.0 Å². The zero-order valence-corrected chi connectivity index (χ0v) is 13.4. The molecule has 2 saturated heterocycles. The third-order valence-electron chi connectivity index (χ3n) is 4.61. The average Bonchev–Trinajstić information content (AvgIpc) is 2.93. The largest absolute Gasteiger partial charge is 0.341 e. The van der Waals surface area contributed by atoms with Crippen LogP contribution < -0.4 is 0 Å². The molecule has 1 unspecified atom stereocenters. The summed E-state index contributed by atoms with van der Waals surface area (Å²) in [5, 5.41) is 0.736. The number of hydrogen-bond acceptors (Lipinski definition) is 2. The van der Waals surface area contributed by atoms with Crippen molar-refractivity contribution in [2.45, 2.75) is 31.6 Å². The Balaban J connectivity index is 1.61. The normalized spacial score (nSPS) is 22.2. The van der Waals surface area contributed by atoms with Crippen molar-refractivity contribution in [2.75, 3.05) is 26.2 Å². The van der Waals surface area contributed by atoms with Gasteiger partial charge in [0.15, 0.2) is 0 Å². The van der Waals surface area contributed by atoms with E-state index in [0.29, 0.717) is 12.3 Å². The number of amides is 2. The number of carbonyl (C=O) groups is 2. The van der Waals surface area contributed by atoms with Gasteiger partial charge < -0.3 is 9.80 Å². The second-order valence-electron chi connectivity index (χ2n) is 6.15. The number of likely N-dealkylation sites (tertiary alicyclic amines) is 2. The highest BCUT2D eigenvalue weighted by atomic mass is 35.5. The highest BCUT2D eigenvalue weighted by molar-refractivity contribution is 6.30. The van der Waals surface area contributed by atoms with Gasteiger partial charge in [-0.1, -0.05) is 23.7 Å². The third kappa shape index (κ3) is 3.43. The van der Waals surface area contributed by atoms with Gasteiger partial charge in [0.25, 0.3) is 0 Å². The highest BCUT2D eigenvalue weighted by Crippen LogP contribution is 2.28. The van der Waals surface area contributed by atoms with Gasteiger partial charge in [-0.2, -0.15) is 0 Å². The van der Waals surface area contributed by atoms with E-state index in [1.54, 1.807) is 4.90 Å². The van der Waals surface area contributed by atoms with E-state index in [1.807, 2.05) is 29.2 Å². The summed E-state index contributed by atoms with van der Waals surface area (Å²) in [7, 11) is 0. The van der Waals surface area contributed by atoms with Gasteiger partial charge in [0.2, 0.25) is 11.8 Å². The summed E-state index contributed by atoms with van der Waals surface area (Å²) in [6.07, 6.45) is 3.56. The topological polar surface area (TPSA) is 40.6 Å². The second-order valence-corrected chi connectivity index (χ2v) is 6.59. The standard InChI is InChI=1S/C17H21ClN2O2/c18-15-7-5-13(6-8-15)14-3-1-9-19(11-14)17(22)12-20-10-2-4-16(20)21/h5-8,14H,1-4,9-12H2. The van der Waals surface area contributed by atoms with Crippen LogP contribution in [0.15, 0.2) is 24.3 Å². The SMILES string of the molecule is O=C1CCCN1CC(=O)N1CCCC(c2ccc(Cl)cc2)C1. The Bertz CT molecular complexity index is 558. The van der Waals surface area contributed by atoms with Crippen LogP contribution >= 0.6 is 11.6 Å². The maximum atomic E-state index is 12.4. The molecule has 2 fully saturated rings. The first-order valence-electron chi connectivity index (χ1n) is 7.94. The fourth-order valence-electron chi connectivity index (χ4n) is 3.35. The summed E-state index contributed by atoms with van der Waals surface area (Å²) in [5.41, 5.74) is 1.24. The van der Waals surface area contributed by atoms with Crippen molar-refractivity contribution in [1.29, 1.82) is 0 Å². The summed E-state index contributed by atoms with van der Waals surface area (Å²) < 4.78 is 0. The minimum absolute atomic E-state index is 0.0777. The Kier molecular flexibility index (Phi) is 4.67. The predicted octanol–water partition coefficient (Wildman–Crippen LogP) is 2.67. The van der Waals surface area contributed by atoms with Gasteiger partial charge in [0.1, 0.15) is 0 Å². The van der Waals surface area contributed by atoms with E-state index in [1.165, 1.54) is 5.56 Å². The molecule has 0 spiro atoms. The average molecular weight is 321 g/mol. The maximum absolute atomic E-state index is 12.4. The molecule has 0 radical (unpaired) electrons. The molecule has 118 valence electrons. The highest BCUT2D eigenvalue weighted by Gasteiger charge is 2.28. The van der Waals surface area contributed by atoms with Crippen LogP contribution in [-0.4, -0.2) is 47.8 Å². The number of benzene rings is 1. The Hall–Kier alpha value is -1.55. The molecule has 1 atom stereocenters. The van der Waals surface area contributed by atoms with Crippen molar-refractivity contribution in [3.63, 3.8) is 0 Å². The van der Waals surface area contributed by atoms with Crippen LogP contribution in [0.2, 0.25) is 5.02 Å². The zero-order chi connectivity index (χ0) is 15.5. The molecule has 2 heterocycles. The third-order valence-corrected chi connectivity index (χ3v) is 4.86. The van der Waals surface area contributed by atoms with Crippen LogP contribution in [0.5, 0.6) is 0 Å². The minimum atomic E-state index is 0.0777. The van der Waals surface area contributed by atoms with Crippen molar-refractivity contribution >= 4 is 23.4 Å². The van der Waals surface area contributed by atoms with Gasteiger partial charge in [-0.3, -0.25) is 9.59 Å². The van der Waals surface area contributed by atoms with Crippen LogP contribution in [0.4, 0.5) is 0 Å². The van der Waals surface area contributed by atoms with E-state index in [9.17, 15) is 9.59 Å². The molecule has 2 amide bonds. The molecular formula is C17H21ClN2O2. The predicted molar refractivity (Wildman–Crippen MR) is 85.8 cm³/mol. The maximum Gasteiger partial charge on any atom is 0.242 e. The first kappa shape index (κ1) is 15.3. The van der Waals surface area contributed by atoms with Crippen molar-refractivity contribution in [2.24, 2.45) is 0 Å². The lowest BCUT2D eigenvalue weighted by Gasteiger charge is -2.34. The van der Waals surface area contributed by atoms with Crippen molar-refractivity contribution in [3.8, 4) is 0 Å². The zero-order valence-electron chi connectivity index (χ0n) is 12.6. The number of hydrogen-bond donors (Lipinski definition) is 0. The molecule has 2 aliphatic rings. The molecule has 0 bridgehead atoms. The summed E-state index contributed by atoms with van der Waals surface area (Å²) in [5.74, 6) is 0.553. The van der Waals surface area contributed by atoms with Gasteiger partial charge in [0.05, 0.1) is 6.54 Å². The summed E-state index contributed by atoms with van der Waals surface area (Å²) in [4.78, 5) is 27.7. The number of nitrogens with zero attached hydrogens (tertiary/aromatic N) is 2. The van der Waals surface area contributed by atoms with Crippen LogP contribution in [0.3, 0.4) is 0 Å². The van der Waals surface area contributed by atoms with E-state index < -0.39 is 0 Å². The molecule has 0 aromatic heterocycles. The minimum Gasteiger partial charge on any atom is -0.341 e. The van der Waals surface area contributed by atoms with E-state index in [4.69, 9.17) is 11.6 Å². The van der Waals surface area contributed by atoms with Crippen LogP contribution in [0, 0.1) is 0 Å². The van der Waals surface area contributed by atoms with Crippen LogP contribution in [0.25, 0.3) is 0 Å². The molecule has 4 nitrogen and oxygen atoms in total. The van der Waals surface area contributed by atoms with Crippen LogP contribution in [-0.2, 0) is 9.59 Å². The smallest absolute Gasteiger partial charge is 0.242 e. The first-order valence-corrected chi connectivity index (χ1v) is 8.32. The Labute approximate surface area is 136 Å². The Morgan fingerprint density at radius 3 is 2.64 bits per heavy atom. The Morgan fingerprint density at radius 1 is 1.18 bits per heavy atom. The lowest BCUT2D eigenvalue weighted by molar-refractivity contribution is -0.139. The van der Waals surface area contributed by atoms with E-state index >= 15 is 0 Å². The van der Waals surface area contributed by atoms with Gasteiger partial charge in [-0.15, -0.1) is 0 Å². The molecule has 0 N–H and O–H groups in total. The van der Waals surface area contributed by atoms with E-state index in [-0.39, 0.29) is 18.4 Å². The quantitative estimate of drug-likeness (QED) is 0.859. The van der Waals surface area contributed by atoms with Gasteiger partial charge in [0, 0.05) is 37.0 Å². The molecule has 0 saturated carbocycles.